The fourth-order valence-corrected chi connectivity index (χ4v) is 3.20. The van der Waals surface area contributed by atoms with E-state index in [0.29, 0.717) is 37.4 Å². The first-order valence-electron chi connectivity index (χ1n) is 9.42. The van der Waals surface area contributed by atoms with Crippen LogP contribution in [0.5, 0.6) is 0 Å². The van der Waals surface area contributed by atoms with Crippen LogP contribution in [0.3, 0.4) is 0 Å². The standard InChI is InChI=1S/C22H24F5NO/c1-15(4-3-5-16(2)22(25,26)27)21(29)28-12-10-17(11-13-28)6-7-18-14-19(23)8-9-20(18)24/h3-5,8-9,14,17H,1,6-7,10-13H2,2H3/b4-3-,16-5+. The lowest BCUT2D eigenvalue weighted by Gasteiger charge is -2.32. The summed E-state index contributed by atoms with van der Waals surface area (Å²) in [6.45, 7) is 5.59. The van der Waals surface area contributed by atoms with Gasteiger partial charge in [-0.15, -0.1) is 0 Å². The third-order valence-electron chi connectivity index (χ3n) is 5.10. The molecule has 2 rings (SSSR count). The molecule has 0 radical (unpaired) electrons. The van der Waals surface area contributed by atoms with Gasteiger partial charge < -0.3 is 4.90 Å². The molecule has 1 fully saturated rings. The van der Waals surface area contributed by atoms with Gasteiger partial charge in [-0.3, -0.25) is 4.79 Å². The number of carbonyl (C=O) groups is 1. The van der Waals surface area contributed by atoms with Crippen LogP contribution < -0.4 is 0 Å². The minimum atomic E-state index is -4.40. The summed E-state index contributed by atoms with van der Waals surface area (Å²) in [6, 6.07) is 3.42. The summed E-state index contributed by atoms with van der Waals surface area (Å²) < 4.78 is 64.2. The Morgan fingerprint density at radius 3 is 2.52 bits per heavy atom. The van der Waals surface area contributed by atoms with Gasteiger partial charge in [0.2, 0.25) is 0 Å². The van der Waals surface area contributed by atoms with Crippen molar-refractivity contribution in [2.24, 2.45) is 5.92 Å². The van der Waals surface area contributed by atoms with Crippen molar-refractivity contribution >= 4 is 5.91 Å². The molecular formula is C22H24F5NO. The fourth-order valence-electron chi connectivity index (χ4n) is 3.20. The Morgan fingerprint density at radius 2 is 1.90 bits per heavy atom. The highest BCUT2D eigenvalue weighted by molar-refractivity contribution is 5.95. The minimum Gasteiger partial charge on any atom is -0.339 e. The summed E-state index contributed by atoms with van der Waals surface area (Å²) in [4.78, 5) is 14.0. The molecule has 158 valence electrons. The van der Waals surface area contributed by atoms with Gasteiger partial charge in [0.1, 0.15) is 11.6 Å². The molecule has 2 nitrogen and oxygen atoms in total. The monoisotopic (exact) mass is 413 g/mol. The van der Waals surface area contributed by atoms with Crippen LogP contribution in [0.4, 0.5) is 22.0 Å². The lowest BCUT2D eigenvalue weighted by atomic mass is 9.90. The summed E-state index contributed by atoms with van der Waals surface area (Å²) in [5.74, 6) is -0.901. The summed E-state index contributed by atoms with van der Waals surface area (Å²) >= 11 is 0. The van der Waals surface area contributed by atoms with E-state index >= 15 is 0 Å². The van der Waals surface area contributed by atoms with Gasteiger partial charge >= 0.3 is 6.18 Å². The number of allylic oxidation sites excluding steroid dienone is 3. The molecule has 0 atom stereocenters. The van der Waals surface area contributed by atoms with Crippen LogP contribution in [-0.2, 0) is 11.2 Å². The zero-order valence-electron chi connectivity index (χ0n) is 16.2. The molecule has 1 aliphatic heterocycles. The number of likely N-dealkylation sites (tertiary alicyclic amines) is 1. The number of alkyl halides is 3. The predicted octanol–water partition coefficient (Wildman–Crippen LogP) is 5.76. The summed E-state index contributed by atoms with van der Waals surface area (Å²) in [5.41, 5.74) is -0.287. The van der Waals surface area contributed by atoms with Crippen molar-refractivity contribution in [3.63, 3.8) is 0 Å². The second-order valence-corrected chi connectivity index (χ2v) is 7.24. The maximum absolute atomic E-state index is 13.7. The van der Waals surface area contributed by atoms with E-state index < -0.39 is 23.4 Å². The Bertz CT molecular complexity index is 802. The lowest BCUT2D eigenvalue weighted by molar-refractivity contribution is -0.128. The summed E-state index contributed by atoms with van der Waals surface area (Å²) in [7, 11) is 0. The number of amides is 1. The maximum atomic E-state index is 13.7. The molecule has 0 aliphatic carbocycles. The first-order chi connectivity index (χ1) is 13.6. The van der Waals surface area contributed by atoms with E-state index in [-0.39, 0.29) is 11.5 Å². The lowest BCUT2D eigenvalue weighted by Crippen LogP contribution is -2.39. The van der Waals surface area contributed by atoms with E-state index in [9.17, 15) is 26.7 Å². The topological polar surface area (TPSA) is 20.3 Å². The van der Waals surface area contributed by atoms with Gasteiger partial charge in [0.05, 0.1) is 0 Å². The molecule has 0 bridgehead atoms. The zero-order chi connectivity index (χ0) is 21.6. The molecule has 0 aromatic heterocycles. The average Bonchev–Trinajstić information content (AvgIpc) is 2.67. The highest BCUT2D eigenvalue weighted by Crippen LogP contribution is 2.26. The third-order valence-corrected chi connectivity index (χ3v) is 5.10. The summed E-state index contributed by atoms with van der Waals surface area (Å²) in [5, 5.41) is 0. The fraction of sp³-hybridized carbons (Fsp3) is 0.409. The second-order valence-electron chi connectivity index (χ2n) is 7.24. The molecule has 1 aliphatic rings. The van der Waals surface area contributed by atoms with Gasteiger partial charge in [0, 0.05) is 24.2 Å². The number of aryl methyl sites for hydroxylation is 1. The molecule has 0 unspecified atom stereocenters. The number of piperidine rings is 1. The number of benzene rings is 1. The Kier molecular flexibility index (Phi) is 7.76. The van der Waals surface area contributed by atoms with Crippen LogP contribution in [0, 0.1) is 17.6 Å². The van der Waals surface area contributed by atoms with Gasteiger partial charge in [0.25, 0.3) is 5.91 Å². The largest absolute Gasteiger partial charge is 0.412 e. The van der Waals surface area contributed by atoms with Crippen molar-refractivity contribution in [3.05, 3.63) is 71.4 Å². The third kappa shape index (κ3) is 6.84. The molecular weight excluding hydrogens is 389 g/mol. The molecule has 1 amide bonds. The first-order valence-corrected chi connectivity index (χ1v) is 9.42. The number of hydrogen-bond donors (Lipinski definition) is 0. The smallest absolute Gasteiger partial charge is 0.339 e. The van der Waals surface area contributed by atoms with Crippen LogP contribution >= 0.6 is 0 Å². The van der Waals surface area contributed by atoms with Crippen molar-refractivity contribution < 1.29 is 26.7 Å². The van der Waals surface area contributed by atoms with Gasteiger partial charge in [-0.05, 0) is 62.3 Å². The molecule has 1 aromatic rings. The van der Waals surface area contributed by atoms with Gasteiger partial charge in [-0.25, -0.2) is 8.78 Å². The predicted molar refractivity (Wildman–Crippen MR) is 102 cm³/mol. The molecule has 7 heteroatoms. The average molecular weight is 413 g/mol. The van der Waals surface area contributed by atoms with Gasteiger partial charge in [-0.1, -0.05) is 24.8 Å². The van der Waals surface area contributed by atoms with E-state index in [1.54, 1.807) is 4.90 Å². The quantitative estimate of drug-likeness (QED) is 0.330. The Labute approximate surface area is 167 Å². The number of nitrogens with zero attached hydrogens (tertiary/aromatic N) is 1. The maximum Gasteiger partial charge on any atom is 0.412 e. The van der Waals surface area contributed by atoms with Crippen molar-refractivity contribution in [3.8, 4) is 0 Å². The highest BCUT2D eigenvalue weighted by atomic mass is 19.4. The van der Waals surface area contributed by atoms with Crippen molar-refractivity contribution in [1.29, 1.82) is 0 Å². The second kappa shape index (κ2) is 9.85. The minimum absolute atomic E-state index is 0.122. The Hall–Kier alpha value is -2.44. The van der Waals surface area contributed by atoms with Crippen molar-refractivity contribution in [2.75, 3.05) is 13.1 Å². The van der Waals surface area contributed by atoms with Crippen LogP contribution in [0.25, 0.3) is 0 Å². The molecule has 0 N–H and O–H groups in total. The number of rotatable bonds is 6. The Balaban J connectivity index is 1.81. The molecule has 1 heterocycles. The van der Waals surface area contributed by atoms with E-state index in [1.807, 2.05) is 0 Å². The van der Waals surface area contributed by atoms with E-state index in [1.165, 1.54) is 18.2 Å². The van der Waals surface area contributed by atoms with Crippen LogP contribution in [-0.4, -0.2) is 30.1 Å². The summed E-state index contributed by atoms with van der Waals surface area (Å²) in [6.07, 6.45) is 1.54. The first kappa shape index (κ1) is 22.8. The number of halogens is 5. The number of carbonyl (C=O) groups excluding carboxylic acids is 1. The molecule has 29 heavy (non-hydrogen) atoms. The molecule has 1 saturated heterocycles. The SMILES string of the molecule is C=C(/C=C\C=C(/C)C(F)(F)F)C(=O)N1CCC(CCc2cc(F)ccc2F)CC1. The molecule has 0 spiro atoms. The van der Waals surface area contributed by atoms with E-state index in [2.05, 4.69) is 6.58 Å². The normalized spacial score (nSPS) is 16.5. The Morgan fingerprint density at radius 1 is 1.24 bits per heavy atom. The van der Waals surface area contributed by atoms with E-state index in [4.69, 9.17) is 0 Å². The molecule has 0 saturated carbocycles. The van der Waals surface area contributed by atoms with Crippen LogP contribution in [0.2, 0.25) is 0 Å². The van der Waals surface area contributed by atoms with Gasteiger partial charge in [0.15, 0.2) is 0 Å². The van der Waals surface area contributed by atoms with Crippen molar-refractivity contribution in [1.82, 2.24) is 4.90 Å². The highest BCUT2D eigenvalue weighted by Gasteiger charge is 2.29. The van der Waals surface area contributed by atoms with E-state index in [0.717, 1.165) is 38.0 Å². The molecule has 1 aromatic carbocycles. The van der Waals surface area contributed by atoms with Crippen LogP contribution in [0.1, 0.15) is 31.7 Å². The van der Waals surface area contributed by atoms with Crippen LogP contribution in [0.15, 0.2) is 54.2 Å². The number of hydrogen-bond acceptors (Lipinski definition) is 1. The van der Waals surface area contributed by atoms with Crippen molar-refractivity contribution in [2.45, 2.75) is 38.8 Å². The van der Waals surface area contributed by atoms with Gasteiger partial charge in [-0.2, -0.15) is 13.2 Å². The zero-order valence-corrected chi connectivity index (χ0v) is 16.2.